The quantitative estimate of drug-likeness (QED) is 0.564. The summed E-state index contributed by atoms with van der Waals surface area (Å²) in [5.41, 5.74) is 1.47. The molecule has 6 heteroatoms. The van der Waals surface area contributed by atoms with Gasteiger partial charge in [-0.15, -0.1) is 6.58 Å². The molecule has 2 rings (SSSR count). The van der Waals surface area contributed by atoms with E-state index in [9.17, 15) is 14.0 Å². The number of aryl methyl sites for hydroxylation is 1. The van der Waals surface area contributed by atoms with Crippen LogP contribution in [0.4, 0.5) is 9.18 Å². The van der Waals surface area contributed by atoms with Gasteiger partial charge in [0.25, 0.3) is 0 Å². The van der Waals surface area contributed by atoms with Crippen LogP contribution < -0.4 is 10.6 Å². The number of benzene rings is 1. The second-order valence-electron chi connectivity index (χ2n) is 7.07. The number of hydrogen-bond acceptors (Lipinski definition) is 2. The summed E-state index contributed by atoms with van der Waals surface area (Å²) in [6, 6.07) is 4.65. The molecule has 0 spiro atoms. The van der Waals surface area contributed by atoms with Crippen molar-refractivity contribution in [2.75, 3.05) is 19.6 Å². The molecular formula is C21H30FN3O2. The summed E-state index contributed by atoms with van der Waals surface area (Å²) >= 11 is 0. The molecular weight excluding hydrogens is 345 g/mol. The highest BCUT2D eigenvalue weighted by Crippen LogP contribution is 2.34. The fourth-order valence-electron chi connectivity index (χ4n) is 3.42. The molecule has 0 aliphatic carbocycles. The molecule has 1 aromatic rings. The average Bonchev–Trinajstić information content (AvgIpc) is 2.68. The lowest BCUT2D eigenvalue weighted by atomic mass is 9.88. The molecule has 2 N–H and O–H groups in total. The van der Waals surface area contributed by atoms with Crippen molar-refractivity contribution in [3.05, 3.63) is 47.8 Å². The van der Waals surface area contributed by atoms with Crippen molar-refractivity contribution in [3.63, 3.8) is 0 Å². The number of rotatable bonds is 7. The number of hydrogen-bond donors (Lipinski definition) is 2. The molecule has 1 aliphatic rings. The summed E-state index contributed by atoms with van der Waals surface area (Å²) in [6.07, 6.45) is 4.89. The van der Waals surface area contributed by atoms with Crippen molar-refractivity contribution < 1.29 is 14.0 Å². The first-order valence-electron chi connectivity index (χ1n) is 9.67. The molecule has 148 valence electrons. The number of urea groups is 1. The Labute approximate surface area is 161 Å². The Kier molecular flexibility index (Phi) is 7.82. The van der Waals surface area contributed by atoms with Gasteiger partial charge in [0.15, 0.2) is 0 Å². The van der Waals surface area contributed by atoms with E-state index in [1.165, 1.54) is 6.07 Å². The number of carbonyl (C=O) groups is 2. The van der Waals surface area contributed by atoms with Gasteiger partial charge in [-0.1, -0.05) is 31.6 Å². The van der Waals surface area contributed by atoms with Crippen LogP contribution in [0.25, 0.3) is 0 Å². The normalized spacial score (nSPS) is 19.4. The largest absolute Gasteiger partial charge is 0.352 e. The van der Waals surface area contributed by atoms with Gasteiger partial charge in [-0.05, 0) is 43.4 Å². The number of halogens is 1. The fraction of sp³-hybridized carbons (Fsp3) is 0.524. The number of likely N-dealkylation sites (tertiary alicyclic amines) is 1. The number of nitrogens with zero attached hydrogens (tertiary/aromatic N) is 1. The van der Waals surface area contributed by atoms with Crippen LogP contribution in [0.2, 0.25) is 0 Å². The summed E-state index contributed by atoms with van der Waals surface area (Å²) in [5.74, 6) is -0.565. The molecule has 0 unspecified atom stereocenters. The summed E-state index contributed by atoms with van der Waals surface area (Å²) in [4.78, 5) is 26.9. The topological polar surface area (TPSA) is 61.4 Å². The maximum Gasteiger partial charge on any atom is 0.317 e. The molecule has 2 atom stereocenters. The van der Waals surface area contributed by atoms with Gasteiger partial charge < -0.3 is 15.5 Å². The van der Waals surface area contributed by atoms with Crippen molar-refractivity contribution in [2.24, 2.45) is 5.92 Å². The van der Waals surface area contributed by atoms with Crippen molar-refractivity contribution in [1.29, 1.82) is 0 Å². The monoisotopic (exact) mass is 375 g/mol. The SMILES string of the molecule is C=CCNC(=O)[C@@H]1CC[C@H](c2ccc(F)c(C)c2)N(C(=O)NCCCC)C1. The Morgan fingerprint density at radius 2 is 2.11 bits per heavy atom. The molecule has 1 heterocycles. The van der Waals surface area contributed by atoms with Crippen LogP contribution in [-0.4, -0.2) is 36.5 Å². The van der Waals surface area contributed by atoms with Crippen LogP contribution in [-0.2, 0) is 4.79 Å². The lowest BCUT2D eigenvalue weighted by Gasteiger charge is -2.39. The number of piperidine rings is 1. The average molecular weight is 375 g/mol. The van der Waals surface area contributed by atoms with Crippen LogP contribution >= 0.6 is 0 Å². The molecule has 0 saturated carbocycles. The molecule has 0 radical (unpaired) electrons. The Bertz CT molecular complexity index is 677. The zero-order valence-electron chi connectivity index (χ0n) is 16.3. The lowest BCUT2D eigenvalue weighted by Crippen LogP contribution is -2.50. The van der Waals surface area contributed by atoms with Crippen molar-refractivity contribution >= 4 is 11.9 Å². The number of nitrogens with one attached hydrogen (secondary N) is 2. The minimum absolute atomic E-state index is 0.0602. The molecule has 0 aromatic heterocycles. The number of amides is 3. The second kappa shape index (κ2) is 10.1. The maximum absolute atomic E-state index is 13.7. The van der Waals surface area contributed by atoms with Crippen LogP contribution in [0.1, 0.15) is 49.8 Å². The number of carbonyl (C=O) groups excluding carboxylic acids is 2. The highest BCUT2D eigenvalue weighted by molar-refractivity contribution is 5.81. The minimum atomic E-state index is -0.254. The van der Waals surface area contributed by atoms with Crippen molar-refractivity contribution in [2.45, 2.75) is 45.6 Å². The van der Waals surface area contributed by atoms with E-state index in [2.05, 4.69) is 24.1 Å². The zero-order chi connectivity index (χ0) is 19.8. The van der Waals surface area contributed by atoms with Gasteiger partial charge in [0.05, 0.1) is 12.0 Å². The van der Waals surface area contributed by atoms with Crippen LogP contribution in [0.3, 0.4) is 0 Å². The Balaban J connectivity index is 2.18. The summed E-state index contributed by atoms with van der Waals surface area (Å²) in [7, 11) is 0. The highest BCUT2D eigenvalue weighted by Gasteiger charge is 2.35. The second-order valence-corrected chi connectivity index (χ2v) is 7.07. The van der Waals surface area contributed by atoms with Crippen molar-refractivity contribution in [1.82, 2.24) is 15.5 Å². The minimum Gasteiger partial charge on any atom is -0.352 e. The van der Waals surface area contributed by atoms with Gasteiger partial charge in [-0.25, -0.2) is 9.18 Å². The first kappa shape index (κ1) is 20.9. The molecule has 1 saturated heterocycles. The van der Waals surface area contributed by atoms with E-state index in [4.69, 9.17) is 0 Å². The van der Waals surface area contributed by atoms with E-state index in [1.807, 2.05) is 0 Å². The number of unbranched alkanes of at least 4 members (excludes halogenated alkanes) is 1. The molecule has 1 fully saturated rings. The third kappa shape index (κ3) is 5.55. The van der Waals surface area contributed by atoms with E-state index in [-0.39, 0.29) is 29.7 Å². The van der Waals surface area contributed by atoms with E-state index >= 15 is 0 Å². The molecule has 1 aliphatic heterocycles. The van der Waals surface area contributed by atoms with Crippen molar-refractivity contribution in [3.8, 4) is 0 Å². The molecule has 1 aromatic carbocycles. The summed E-state index contributed by atoms with van der Waals surface area (Å²) < 4.78 is 13.7. The van der Waals surface area contributed by atoms with Gasteiger partial charge in [0.2, 0.25) is 5.91 Å². The van der Waals surface area contributed by atoms with Gasteiger partial charge in [0.1, 0.15) is 5.82 Å². The third-order valence-electron chi connectivity index (χ3n) is 5.01. The van der Waals surface area contributed by atoms with E-state index in [0.29, 0.717) is 38.0 Å². The standard InChI is InChI=1S/C21H30FN3O2/c1-4-6-12-24-21(27)25-14-17(20(26)23-11-5-2)8-10-19(25)16-7-9-18(22)15(3)13-16/h5,7,9,13,17,19H,2,4,6,8,10-12,14H2,1,3H3,(H,23,26)(H,24,27)/t17-,19-/m1/s1. The maximum atomic E-state index is 13.7. The molecule has 0 bridgehead atoms. The van der Waals surface area contributed by atoms with Gasteiger partial charge in [0, 0.05) is 19.6 Å². The van der Waals surface area contributed by atoms with Gasteiger partial charge in [-0.2, -0.15) is 0 Å². The van der Waals surface area contributed by atoms with Gasteiger partial charge >= 0.3 is 6.03 Å². The van der Waals surface area contributed by atoms with E-state index in [0.717, 1.165) is 18.4 Å². The smallest absolute Gasteiger partial charge is 0.317 e. The molecule has 27 heavy (non-hydrogen) atoms. The van der Waals surface area contributed by atoms with Crippen LogP contribution in [0.5, 0.6) is 0 Å². The zero-order valence-corrected chi connectivity index (χ0v) is 16.3. The fourth-order valence-corrected chi connectivity index (χ4v) is 3.42. The first-order chi connectivity index (χ1) is 13.0. The third-order valence-corrected chi connectivity index (χ3v) is 5.01. The van der Waals surface area contributed by atoms with Crippen LogP contribution in [0, 0.1) is 18.7 Å². The Morgan fingerprint density at radius 3 is 2.78 bits per heavy atom. The Morgan fingerprint density at radius 1 is 1.33 bits per heavy atom. The molecule has 5 nitrogen and oxygen atoms in total. The highest BCUT2D eigenvalue weighted by atomic mass is 19.1. The predicted molar refractivity (Wildman–Crippen MR) is 105 cm³/mol. The van der Waals surface area contributed by atoms with E-state index in [1.54, 1.807) is 30.0 Å². The predicted octanol–water partition coefficient (Wildman–Crippen LogP) is 3.70. The van der Waals surface area contributed by atoms with Gasteiger partial charge in [-0.3, -0.25) is 4.79 Å². The van der Waals surface area contributed by atoms with Crippen LogP contribution in [0.15, 0.2) is 30.9 Å². The Hall–Kier alpha value is -2.37. The summed E-state index contributed by atoms with van der Waals surface area (Å²) in [6.45, 7) is 8.77. The lowest BCUT2D eigenvalue weighted by molar-refractivity contribution is -0.126. The molecule has 3 amide bonds. The van der Waals surface area contributed by atoms with E-state index < -0.39 is 0 Å². The first-order valence-corrected chi connectivity index (χ1v) is 9.67. The summed E-state index contributed by atoms with van der Waals surface area (Å²) in [5, 5.41) is 5.77.